The molecule has 5 N–H and O–H groups in total. The van der Waals surface area contributed by atoms with Gasteiger partial charge in [0, 0.05) is 19.2 Å². The number of nitrogens with one attached hydrogen (secondary N) is 2. The Balaban J connectivity index is 1.44. The van der Waals surface area contributed by atoms with Crippen LogP contribution in [0.3, 0.4) is 0 Å². The monoisotopic (exact) mass is 476 g/mol. The zero-order valence-corrected chi connectivity index (χ0v) is 17.4. The summed E-state index contributed by atoms with van der Waals surface area (Å²) < 4.78 is 6.93. The number of nitro groups is 2. The lowest BCUT2D eigenvalue weighted by Gasteiger charge is -2.16. The van der Waals surface area contributed by atoms with Crippen LogP contribution in [-0.2, 0) is 4.74 Å². The Bertz CT molecular complexity index is 1220. The van der Waals surface area contributed by atoms with Crippen LogP contribution < -0.4 is 10.6 Å². The van der Waals surface area contributed by atoms with Crippen LogP contribution in [0.15, 0.2) is 30.9 Å². The van der Waals surface area contributed by atoms with E-state index in [0.29, 0.717) is 17.0 Å². The van der Waals surface area contributed by atoms with Crippen molar-refractivity contribution in [3.63, 3.8) is 0 Å². The van der Waals surface area contributed by atoms with Crippen molar-refractivity contribution in [2.75, 3.05) is 30.3 Å². The van der Waals surface area contributed by atoms with Crippen molar-refractivity contribution < 1.29 is 29.9 Å². The van der Waals surface area contributed by atoms with Gasteiger partial charge in [-0.1, -0.05) is 0 Å². The second kappa shape index (κ2) is 9.48. The van der Waals surface area contributed by atoms with Crippen LogP contribution in [0, 0.1) is 20.2 Å². The summed E-state index contributed by atoms with van der Waals surface area (Å²) in [6.45, 7) is -0.0102. The Morgan fingerprint density at radius 2 is 1.82 bits per heavy atom. The number of hydrogen-bond donors (Lipinski definition) is 5. The number of nitro benzene ring substituents is 2. The number of imidazole rings is 1. The van der Waals surface area contributed by atoms with E-state index < -0.39 is 46.7 Å². The highest BCUT2D eigenvalue weighted by atomic mass is 16.6. The standard InChI is InChI=1S/C18H20N8O8/c27-6-12-14(28)15(29)18(34-12)24-8-23-13-16(21-7-22-17(13)24)20-4-3-19-10-2-1-9(25(30)31)5-11(10)26(32)33/h1-2,5,7-8,12,14-15,18-19,27-29H,3-4,6H2,(H,20,21,22)/t12-,14-,15-,18-/m1/s1. The molecule has 0 bridgehead atoms. The van der Waals surface area contributed by atoms with Gasteiger partial charge in [-0.3, -0.25) is 24.8 Å². The van der Waals surface area contributed by atoms with Gasteiger partial charge in [0.25, 0.3) is 11.4 Å². The van der Waals surface area contributed by atoms with E-state index >= 15 is 0 Å². The maximum atomic E-state index is 11.2. The summed E-state index contributed by atoms with van der Waals surface area (Å²) in [5.74, 6) is 0.343. The smallest absolute Gasteiger partial charge is 0.299 e. The second-order valence-electron chi connectivity index (χ2n) is 7.34. The van der Waals surface area contributed by atoms with Crippen molar-refractivity contribution in [2.24, 2.45) is 0 Å². The van der Waals surface area contributed by atoms with Gasteiger partial charge >= 0.3 is 0 Å². The zero-order chi connectivity index (χ0) is 24.4. The number of aliphatic hydroxyl groups is 3. The number of ether oxygens (including phenoxy) is 1. The van der Waals surface area contributed by atoms with E-state index in [-0.39, 0.29) is 24.5 Å². The Hall–Kier alpha value is -3.99. The molecule has 0 spiro atoms. The number of nitrogens with zero attached hydrogens (tertiary/aromatic N) is 6. The highest BCUT2D eigenvalue weighted by molar-refractivity contribution is 5.82. The normalized spacial score (nSPS) is 22.1. The molecule has 1 aliphatic heterocycles. The Morgan fingerprint density at radius 3 is 2.50 bits per heavy atom. The van der Waals surface area contributed by atoms with Gasteiger partial charge in [-0.25, -0.2) is 15.0 Å². The maximum absolute atomic E-state index is 11.2. The van der Waals surface area contributed by atoms with Crippen molar-refractivity contribution in [2.45, 2.75) is 24.5 Å². The number of hydrogen-bond acceptors (Lipinski definition) is 13. The molecule has 1 fully saturated rings. The third-order valence-corrected chi connectivity index (χ3v) is 5.27. The highest BCUT2D eigenvalue weighted by Gasteiger charge is 2.44. The van der Waals surface area contributed by atoms with Gasteiger partial charge in [0.1, 0.15) is 30.3 Å². The van der Waals surface area contributed by atoms with Crippen LogP contribution in [0.2, 0.25) is 0 Å². The lowest BCUT2D eigenvalue weighted by Crippen LogP contribution is -2.33. The van der Waals surface area contributed by atoms with Crippen molar-refractivity contribution in [3.8, 4) is 0 Å². The Labute approximate surface area is 190 Å². The van der Waals surface area contributed by atoms with Crippen molar-refractivity contribution in [1.29, 1.82) is 0 Å². The summed E-state index contributed by atoms with van der Waals surface area (Å²) in [4.78, 5) is 33.2. The molecule has 1 saturated heterocycles. The van der Waals surface area contributed by atoms with Gasteiger partial charge in [0.05, 0.1) is 28.8 Å². The van der Waals surface area contributed by atoms with Gasteiger partial charge in [-0.05, 0) is 6.07 Å². The van der Waals surface area contributed by atoms with E-state index in [9.17, 15) is 35.5 Å². The Kier molecular flexibility index (Phi) is 6.46. The molecule has 0 aliphatic carbocycles. The van der Waals surface area contributed by atoms with E-state index in [1.54, 1.807) is 0 Å². The SMILES string of the molecule is O=[N+]([O-])c1ccc(NCCNc2ncnc3c2ncn3[C@@H]2O[C@H](CO)[C@@H](O)[C@H]2O)c([N+](=O)[O-])c1. The molecule has 0 unspecified atom stereocenters. The minimum absolute atomic E-state index is 0.124. The third kappa shape index (κ3) is 4.29. The topological polar surface area (TPSA) is 224 Å². The van der Waals surface area contributed by atoms with E-state index in [0.717, 1.165) is 6.07 Å². The minimum atomic E-state index is -1.30. The number of aromatic nitrogens is 4. The molecular weight excluding hydrogens is 456 g/mol. The quantitative estimate of drug-likeness (QED) is 0.153. The molecule has 1 aromatic carbocycles. The first-order valence-electron chi connectivity index (χ1n) is 10.0. The lowest BCUT2D eigenvalue weighted by molar-refractivity contribution is -0.393. The molecule has 1 aliphatic rings. The molecule has 0 radical (unpaired) electrons. The van der Waals surface area contributed by atoms with E-state index in [4.69, 9.17) is 4.74 Å². The van der Waals surface area contributed by atoms with Crippen LogP contribution in [0.1, 0.15) is 6.23 Å². The number of benzene rings is 1. The van der Waals surface area contributed by atoms with Crippen LogP contribution in [0.5, 0.6) is 0 Å². The molecule has 3 aromatic rings. The van der Waals surface area contributed by atoms with Crippen molar-refractivity contribution in [1.82, 2.24) is 19.5 Å². The first-order valence-corrected chi connectivity index (χ1v) is 10.0. The fourth-order valence-electron chi connectivity index (χ4n) is 3.59. The van der Waals surface area contributed by atoms with E-state index in [1.165, 1.54) is 29.4 Å². The summed E-state index contributed by atoms with van der Waals surface area (Å²) in [5.41, 5.74) is -0.0221. The molecule has 3 heterocycles. The number of aliphatic hydroxyl groups excluding tert-OH is 3. The van der Waals surface area contributed by atoms with Gasteiger partial charge in [0.2, 0.25) is 0 Å². The first kappa shape index (κ1) is 23.2. The van der Waals surface area contributed by atoms with Gasteiger partial charge in [-0.15, -0.1) is 0 Å². The largest absolute Gasteiger partial charge is 0.394 e. The first-order chi connectivity index (χ1) is 16.3. The number of anilines is 2. The summed E-state index contributed by atoms with van der Waals surface area (Å²) in [6, 6.07) is 3.32. The average Bonchev–Trinajstić information content (AvgIpc) is 3.37. The van der Waals surface area contributed by atoms with E-state index in [1.807, 2.05) is 0 Å². The molecule has 0 amide bonds. The predicted octanol–water partition coefficient (Wildman–Crippen LogP) is -0.222. The summed E-state index contributed by atoms with van der Waals surface area (Å²) in [7, 11) is 0. The predicted molar refractivity (Wildman–Crippen MR) is 115 cm³/mol. The molecule has 16 heteroatoms. The van der Waals surface area contributed by atoms with Crippen molar-refractivity contribution in [3.05, 3.63) is 51.1 Å². The molecule has 34 heavy (non-hydrogen) atoms. The van der Waals surface area contributed by atoms with Gasteiger partial charge in [-0.2, -0.15) is 0 Å². The van der Waals surface area contributed by atoms with Crippen LogP contribution in [0.4, 0.5) is 22.9 Å². The Morgan fingerprint density at radius 1 is 1.06 bits per heavy atom. The van der Waals surface area contributed by atoms with Gasteiger partial charge in [0.15, 0.2) is 23.2 Å². The highest BCUT2D eigenvalue weighted by Crippen LogP contribution is 2.32. The summed E-state index contributed by atoms with van der Waals surface area (Å²) >= 11 is 0. The third-order valence-electron chi connectivity index (χ3n) is 5.27. The molecule has 0 saturated carbocycles. The molecule has 2 aromatic heterocycles. The second-order valence-corrected chi connectivity index (χ2v) is 7.34. The van der Waals surface area contributed by atoms with E-state index in [2.05, 4.69) is 25.6 Å². The van der Waals surface area contributed by atoms with Crippen LogP contribution in [-0.4, -0.2) is 82.7 Å². The fraction of sp³-hybridized carbons (Fsp3) is 0.389. The summed E-state index contributed by atoms with van der Waals surface area (Å²) in [6.07, 6.45) is -1.91. The molecule has 180 valence electrons. The number of fused-ring (bicyclic) bond motifs is 1. The molecule has 4 rings (SSSR count). The zero-order valence-electron chi connectivity index (χ0n) is 17.4. The van der Waals surface area contributed by atoms with Crippen molar-refractivity contribution >= 4 is 34.0 Å². The van der Waals surface area contributed by atoms with Crippen LogP contribution >= 0.6 is 0 Å². The molecule has 16 nitrogen and oxygen atoms in total. The summed E-state index contributed by atoms with van der Waals surface area (Å²) in [5, 5.41) is 57.5. The number of non-ortho nitro benzene ring substituents is 1. The average molecular weight is 476 g/mol. The fourth-order valence-corrected chi connectivity index (χ4v) is 3.59. The van der Waals surface area contributed by atoms with Gasteiger partial charge < -0.3 is 30.7 Å². The number of rotatable bonds is 9. The minimum Gasteiger partial charge on any atom is -0.394 e. The molecular formula is C18H20N8O8. The lowest BCUT2D eigenvalue weighted by atomic mass is 10.1. The molecule has 4 atom stereocenters. The van der Waals surface area contributed by atoms with Crippen LogP contribution in [0.25, 0.3) is 11.2 Å². The maximum Gasteiger partial charge on any atom is 0.299 e.